The number of fused-ring (bicyclic) bond motifs is 1. The Morgan fingerprint density at radius 1 is 1.35 bits per heavy atom. The third kappa shape index (κ3) is 3.94. The Kier molecular flexibility index (Phi) is 5.33. The molecule has 0 spiro atoms. The van der Waals surface area contributed by atoms with Crippen LogP contribution in [0.15, 0.2) is 17.1 Å². The summed E-state index contributed by atoms with van der Waals surface area (Å²) in [5.41, 5.74) is 6.01. The van der Waals surface area contributed by atoms with E-state index >= 15 is 4.39 Å². The summed E-state index contributed by atoms with van der Waals surface area (Å²) >= 11 is 0. The number of pyridine rings is 1. The van der Waals surface area contributed by atoms with Crippen LogP contribution in [-0.2, 0) is 0 Å². The van der Waals surface area contributed by atoms with E-state index in [0.29, 0.717) is 30.0 Å². The maximum absolute atomic E-state index is 15.4. The van der Waals surface area contributed by atoms with Crippen molar-refractivity contribution in [2.75, 3.05) is 24.6 Å². The van der Waals surface area contributed by atoms with E-state index in [-0.39, 0.29) is 29.7 Å². The molecular formula is C22H28FN3O5. The maximum Gasteiger partial charge on any atom is 0.511 e. The van der Waals surface area contributed by atoms with E-state index < -0.39 is 22.9 Å². The highest BCUT2D eigenvalue weighted by molar-refractivity contribution is 5.92. The molecule has 8 nitrogen and oxygen atoms in total. The molecule has 1 aromatic heterocycles. The van der Waals surface area contributed by atoms with Crippen LogP contribution in [-0.4, -0.2) is 41.1 Å². The zero-order chi connectivity index (χ0) is 22.5. The van der Waals surface area contributed by atoms with E-state index in [9.17, 15) is 9.59 Å². The van der Waals surface area contributed by atoms with Crippen LogP contribution in [0.25, 0.3) is 10.9 Å². The predicted molar refractivity (Wildman–Crippen MR) is 115 cm³/mol. The minimum Gasteiger partial charge on any atom is -0.489 e. The molecule has 4 rings (SSSR count). The Morgan fingerprint density at radius 3 is 2.61 bits per heavy atom. The quantitative estimate of drug-likeness (QED) is 0.672. The number of halogens is 1. The van der Waals surface area contributed by atoms with Crippen LogP contribution in [0.5, 0.6) is 11.5 Å². The molecule has 1 aromatic carbocycles. The Bertz CT molecular complexity index is 1090. The van der Waals surface area contributed by atoms with Crippen LogP contribution >= 0.6 is 0 Å². The highest BCUT2D eigenvalue weighted by atomic mass is 19.1. The van der Waals surface area contributed by atoms with Crippen LogP contribution in [0.1, 0.15) is 46.1 Å². The Morgan fingerprint density at radius 2 is 2.06 bits per heavy atom. The monoisotopic (exact) mass is 433 g/mol. The van der Waals surface area contributed by atoms with Gasteiger partial charge in [-0.15, -0.1) is 0 Å². The first-order chi connectivity index (χ1) is 14.6. The molecule has 31 heavy (non-hydrogen) atoms. The largest absolute Gasteiger partial charge is 0.511 e. The lowest BCUT2D eigenvalue weighted by Crippen LogP contribution is -2.42. The van der Waals surface area contributed by atoms with Crippen LogP contribution in [0.4, 0.5) is 14.9 Å². The second-order valence-electron chi connectivity index (χ2n) is 8.95. The summed E-state index contributed by atoms with van der Waals surface area (Å²) in [7, 11) is 0. The molecule has 1 saturated carbocycles. The lowest BCUT2D eigenvalue weighted by Gasteiger charge is -2.29. The summed E-state index contributed by atoms with van der Waals surface area (Å²) in [6.07, 6.45) is 2.38. The molecule has 168 valence electrons. The van der Waals surface area contributed by atoms with Crippen molar-refractivity contribution in [3.63, 3.8) is 0 Å². The van der Waals surface area contributed by atoms with Gasteiger partial charge < -0.3 is 29.8 Å². The molecule has 1 atom stereocenters. The average Bonchev–Trinajstić information content (AvgIpc) is 3.39. The van der Waals surface area contributed by atoms with Crippen molar-refractivity contribution in [3.05, 3.63) is 28.3 Å². The first kappa shape index (κ1) is 21.4. The number of hydrogen-bond acceptors (Lipinski definition) is 6. The van der Waals surface area contributed by atoms with Gasteiger partial charge in [0.15, 0.2) is 17.3 Å². The predicted octanol–water partition coefficient (Wildman–Crippen LogP) is 3.49. The molecule has 2 fully saturated rings. The number of carbonyl (C=O) groups is 1. The van der Waals surface area contributed by atoms with Gasteiger partial charge in [-0.3, -0.25) is 4.79 Å². The van der Waals surface area contributed by atoms with Gasteiger partial charge in [-0.05, 0) is 52.0 Å². The molecule has 1 saturated heterocycles. The standard InChI is InChI=1S/C22H28FN3O5/c1-4-30-20-17-14(19(27)16(31-21(28)29)11-26(17)13-5-6-13)9-15(23)18(20)25-8-7-12(10-25)22(2,3)24/h9,11-13H,4-8,10,24H2,1-3H3,(H,28,29)/t12-/m1/s1. The maximum atomic E-state index is 15.4. The fourth-order valence-corrected chi connectivity index (χ4v) is 4.37. The number of nitrogens with zero attached hydrogens (tertiary/aromatic N) is 2. The van der Waals surface area contributed by atoms with Crippen molar-refractivity contribution in [2.45, 2.75) is 51.6 Å². The summed E-state index contributed by atoms with van der Waals surface area (Å²) in [6.45, 7) is 7.24. The molecule has 0 amide bonds. The van der Waals surface area contributed by atoms with Gasteiger partial charge in [-0.25, -0.2) is 9.18 Å². The van der Waals surface area contributed by atoms with Crippen LogP contribution in [0, 0.1) is 11.7 Å². The first-order valence-electron chi connectivity index (χ1n) is 10.6. The summed E-state index contributed by atoms with van der Waals surface area (Å²) in [6, 6.07) is 1.25. The number of anilines is 1. The summed E-state index contributed by atoms with van der Waals surface area (Å²) in [4.78, 5) is 25.9. The Hall–Kier alpha value is -2.81. The van der Waals surface area contributed by atoms with E-state index in [0.717, 1.165) is 19.3 Å². The van der Waals surface area contributed by atoms with Gasteiger partial charge >= 0.3 is 6.16 Å². The SMILES string of the molecule is CCOc1c(N2CC[C@@H](C(C)(C)N)C2)c(F)cc2c(=O)c(OC(=O)O)cn(C3CC3)c12. The molecule has 2 heterocycles. The number of rotatable bonds is 6. The molecule has 9 heteroatoms. The molecule has 1 aliphatic carbocycles. The topological polar surface area (TPSA) is 107 Å². The van der Waals surface area contributed by atoms with Gasteiger partial charge in [-0.1, -0.05) is 0 Å². The summed E-state index contributed by atoms with van der Waals surface area (Å²) in [5.74, 6) is -0.432. The highest BCUT2D eigenvalue weighted by Gasteiger charge is 2.36. The van der Waals surface area contributed by atoms with Crippen molar-refractivity contribution >= 4 is 22.7 Å². The lowest BCUT2D eigenvalue weighted by atomic mass is 9.88. The highest BCUT2D eigenvalue weighted by Crippen LogP contribution is 2.45. The minimum absolute atomic E-state index is 0.0465. The minimum atomic E-state index is -1.59. The van der Waals surface area contributed by atoms with Crippen molar-refractivity contribution < 1.29 is 23.8 Å². The number of aromatic nitrogens is 1. The molecule has 2 aromatic rings. The number of nitrogens with two attached hydrogens (primary N) is 1. The van der Waals surface area contributed by atoms with Gasteiger partial charge in [0.1, 0.15) is 5.69 Å². The van der Waals surface area contributed by atoms with Crippen molar-refractivity contribution in [3.8, 4) is 11.5 Å². The third-order valence-electron chi connectivity index (χ3n) is 6.15. The second-order valence-corrected chi connectivity index (χ2v) is 8.95. The van der Waals surface area contributed by atoms with Gasteiger partial charge in [0.25, 0.3) is 0 Å². The Labute approximate surface area is 179 Å². The first-order valence-corrected chi connectivity index (χ1v) is 10.6. The van der Waals surface area contributed by atoms with Crippen molar-refractivity contribution in [2.24, 2.45) is 11.7 Å². The van der Waals surface area contributed by atoms with E-state index in [1.807, 2.05) is 18.7 Å². The van der Waals surface area contributed by atoms with Gasteiger partial charge in [0.2, 0.25) is 5.43 Å². The number of hydrogen-bond donors (Lipinski definition) is 2. The van der Waals surface area contributed by atoms with E-state index in [1.165, 1.54) is 12.3 Å². The third-order valence-corrected chi connectivity index (χ3v) is 6.15. The fourth-order valence-electron chi connectivity index (χ4n) is 4.37. The smallest absolute Gasteiger partial charge is 0.489 e. The average molecular weight is 433 g/mol. The molecule has 0 bridgehead atoms. The van der Waals surface area contributed by atoms with E-state index in [4.69, 9.17) is 15.6 Å². The molecule has 0 unspecified atom stereocenters. The Balaban J connectivity index is 1.94. The van der Waals surface area contributed by atoms with Crippen LogP contribution in [0.2, 0.25) is 0 Å². The molecule has 1 aliphatic heterocycles. The number of benzene rings is 1. The lowest BCUT2D eigenvalue weighted by molar-refractivity contribution is 0.143. The molecule has 3 N–H and O–H groups in total. The fraction of sp³-hybridized carbons (Fsp3) is 0.545. The van der Waals surface area contributed by atoms with Gasteiger partial charge in [0.05, 0.1) is 23.7 Å². The van der Waals surface area contributed by atoms with Crippen LogP contribution < -0.4 is 25.5 Å². The van der Waals surface area contributed by atoms with Gasteiger partial charge in [-0.2, -0.15) is 0 Å². The normalized spacial score (nSPS) is 19.1. The zero-order valence-corrected chi connectivity index (χ0v) is 18.0. The summed E-state index contributed by atoms with van der Waals surface area (Å²) in [5, 5.41) is 9.04. The molecular weight excluding hydrogens is 405 g/mol. The van der Waals surface area contributed by atoms with E-state index in [2.05, 4.69) is 4.74 Å². The van der Waals surface area contributed by atoms with Crippen LogP contribution in [0.3, 0.4) is 0 Å². The summed E-state index contributed by atoms with van der Waals surface area (Å²) < 4.78 is 27.9. The van der Waals surface area contributed by atoms with Gasteiger partial charge in [0, 0.05) is 24.7 Å². The second kappa shape index (κ2) is 7.71. The molecule has 2 aliphatic rings. The van der Waals surface area contributed by atoms with Crippen molar-refractivity contribution in [1.29, 1.82) is 0 Å². The zero-order valence-electron chi connectivity index (χ0n) is 18.0. The number of carboxylic acid groups (broad SMARTS) is 1. The molecule has 0 radical (unpaired) electrons. The van der Waals surface area contributed by atoms with E-state index in [1.54, 1.807) is 11.5 Å². The van der Waals surface area contributed by atoms with Crippen molar-refractivity contribution in [1.82, 2.24) is 4.57 Å². The number of ether oxygens (including phenoxy) is 2.